The lowest BCUT2D eigenvalue weighted by atomic mass is 10.1. The maximum atomic E-state index is 14.1. The first kappa shape index (κ1) is 17.8. The van der Waals surface area contributed by atoms with Crippen LogP contribution in [-0.2, 0) is 24.4 Å². The maximum absolute atomic E-state index is 14.1. The Bertz CT molecular complexity index is 1190. The molecule has 146 valence electrons. The summed E-state index contributed by atoms with van der Waals surface area (Å²) in [6.07, 6.45) is 2.45. The van der Waals surface area contributed by atoms with Gasteiger partial charge in [-0.05, 0) is 30.3 Å². The molecule has 0 atom stereocenters. The van der Waals surface area contributed by atoms with Gasteiger partial charge in [0.2, 0.25) is 5.88 Å². The summed E-state index contributed by atoms with van der Waals surface area (Å²) < 4.78 is 40.7. The van der Waals surface area contributed by atoms with Crippen LogP contribution in [-0.4, -0.2) is 21.4 Å². The second kappa shape index (κ2) is 7.25. The van der Waals surface area contributed by atoms with E-state index in [1.165, 1.54) is 18.2 Å². The summed E-state index contributed by atoms with van der Waals surface area (Å²) in [7, 11) is 0. The fraction of sp³-hybridized carbons (Fsp3) is 0.182. The molecule has 3 heterocycles. The van der Waals surface area contributed by atoms with Gasteiger partial charge in [-0.25, -0.2) is 8.78 Å². The van der Waals surface area contributed by atoms with E-state index in [0.29, 0.717) is 35.7 Å². The molecule has 0 saturated carbocycles. The van der Waals surface area contributed by atoms with E-state index in [9.17, 15) is 8.78 Å². The molecule has 0 amide bonds. The lowest BCUT2D eigenvalue weighted by Crippen LogP contribution is -2.12. The van der Waals surface area contributed by atoms with Crippen LogP contribution in [0.4, 0.5) is 8.78 Å². The van der Waals surface area contributed by atoms with Crippen LogP contribution in [0.15, 0.2) is 54.7 Å². The molecule has 0 aliphatic carbocycles. The number of aromatic nitrogens is 3. The van der Waals surface area contributed by atoms with Crippen molar-refractivity contribution in [2.75, 3.05) is 6.61 Å². The Kier molecular flexibility index (Phi) is 4.44. The van der Waals surface area contributed by atoms with Crippen LogP contribution in [0, 0.1) is 11.6 Å². The van der Waals surface area contributed by atoms with Crippen LogP contribution in [0.1, 0.15) is 16.8 Å². The predicted octanol–water partition coefficient (Wildman–Crippen LogP) is 4.35. The van der Waals surface area contributed by atoms with Crippen molar-refractivity contribution in [2.24, 2.45) is 0 Å². The van der Waals surface area contributed by atoms with Gasteiger partial charge >= 0.3 is 0 Å². The first-order chi connectivity index (χ1) is 14.2. The number of halogens is 2. The van der Waals surface area contributed by atoms with Crippen LogP contribution in [0.25, 0.3) is 16.6 Å². The van der Waals surface area contributed by atoms with E-state index < -0.39 is 0 Å². The van der Waals surface area contributed by atoms with Crippen LogP contribution in [0.2, 0.25) is 0 Å². The Hall–Kier alpha value is -3.32. The zero-order valence-electron chi connectivity index (χ0n) is 15.4. The highest BCUT2D eigenvalue weighted by Crippen LogP contribution is 2.33. The minimum atomic E-state index is -0.341. The summed E-state index contributed by atoms with van der Waals surface area (Å²) in [4.78, 5) is 4.55. The van der Waals surface area contributed by atoms with Crippen molar-refractivity contribution in [3.8, 4) is 11.6 Å². The Balaban J connectivity index is 1.64. The summed E-state index contributed by atoms with van der Waals surface area (Å²) in [6, 6.07) is 12.4. The second-order valence-corrected chi connectivity index (χ2v) is 6.82. The zero-order chi connectivity index (χ0) is 19.8. The highest BCUT2D eigenvalue weighted by Gasteiger charge is 2.22. The van der Waals surface area contributed by atoms with E-state index >= 15 is 0 Å². The van der Waals surface area contributed by atoms with Crippen molar-refractivity contribution >= 4 is 10.9 Å². The third-order valence-electron chi connectivity index (χ3n) is 4.98. The van der Waals surface area contributed by atoms with Crippen LogP contribution in [0.5, 0.6) is 5.88 Å². The SMILES string of the molecule is Fc1ccc(-n2nc3c4c(ncc3c2OCc2ccccc2F)CCOC4)cc1. The molecular weight excluding hydrogens is 376 g/mol. The number of hydrogen-bond donors (Lipinski definition) is 0. The fourth-order valence-corrected chi connectivity index (χ4v) is 3.48. The Morgan fingerprint density at radius 3 is 2.72 bits per heavy atom. The lowest BCUT2D eigenvalue weighted by Gasteiger charge is -2.15. The van der Waals surface area contributed by atoms with Crippen molar-refractivity contribution in [3.05, 3.63) is 83.2 Å². The quantitative estimate of drug-likeness (QED) is 0.517. The summed E-state index contributed by atoms with van der Waals surface area (Å²) in [5, 5.41) is 5.42. The first-order valence-electron chi connectivity index (χ1n) is 9.30. The van der Waals surface area contributed by atoms with E-state index in [2.05, 4.69) is 4.98 Å². The Labute approximate surface area is 165 Å². The molecule has 2 aromatic heterocycles. The van der Waals surface area contributed by atoms with Gasteiger partial charge in [0.05, 0.1) is 30.0 Å². The largest absolute Gasteiger partial charge is 0.472 e. The van der Waals surface area contributed by atoms with Gasteiger partial charge < -0.3 is 9.47 Å². The molecule has 2 aromatic carbocycles. The minimum Gasteiger partial charge on any atom is -0.472 e. The topological polar surface area (TPSA) is 49.2 Å². The third-order valence-corrected chi connectivity index (χ3v) is 4.98. The van der Waals surface area contributed by atoms with Gasteiger partial charge in [-0.2, -0.15) is 9.78 Å². The molecule has 5 rings (SSSR count). The van der Waals surface area contributed by atoms with Crippen LogP contribution >= 0.6 is 0 Å². The van der Waals surface area contributed by atoms with Gasteiger partial charge in [0, 0.05) is 23.7 Å². The van der Waals surface area contributed by atoms with E-state index in [4.69, 9.17) is 14.6 Å². The summed E-state index contributed by atoms with van der Waals surface area (Å²) in [6.45, 7) is 1.08. The van der Waals surface area contributed by atoms with Gasteiger partial charge in [0.25, 0.3) is 0 Å². The summed E-state index contributed by atoms with van der Waals surface area (Å²) >= 11 is 0. The molecule has 4 aromatic rings. The van der Waals surface area contributed by atoms with E-state index in [0.717, 1.165) is 23.2 Å². The molecule has 1 aliphatic heterocycles. The molecule has 0 bridgehead atoms. The van der Waals surface area contributed by atoms with Crippen molar-refractivity contribution in [1.29, 1.82) is 0 Å². The van der Waals surface area contributed by atoms with Gasteiger partial charge in [-0.3, -0.25) is 4.98 Å². The molecule has 5 nitrogen and oxygen atoms in total. The number of nitrogens with zero attached hydrogens (tertiary/aromatic N) is 3. The molecule has 7 heteroatoms. The van der Waals surface area contributed by atoms with Crippen molar-refractivity contribution in [1.82, 2.24) is 14.8 Å². The first-order valence-corrected chi connectivity index (χ1v) is 9.30. The average molecular weight is 393 g/mol. The number of benzene rings is 2. The normalized spacial score (nSPS) is 13.4. The molecule has 0 N–H and O–H groups in total. The Morgan fingerprint density at radius 1 is 1.07 bits per heavy atom. The average Bonchev–Trinajstić information content (AvgIpc) is 3.13. The molecule has 0 saturated heterocycles. The van der Waals surface area contributed by atoms with Crippen molar-refractivity contribution in [2.45, 2.75) is 19.6 Å². The number of fused-ring (bicyclic) bond motifs is 3. The Morgan fingerprint density at radius 2 is 1.90 bits per heavy atom. The highest BCUT2D eigenvalue weighted by molar-refractivity contribution is 5.87. The number of ether oxygens (including phenoxy) is 2. The molecular formula is C22H17F2N3O2. The second-order valence-electron chi connectivity index (χ2n) is 6.82. The van der Waals surface area contributed by atoms with Crippen molar-refractivity contribution in [3.63, 3.8) is 0 Å². The predicted molar refractivity (Wildman–Crippen MR) is 103 cm³/mol. The van der Waals surface area contributed by atoms with Gasteiger partial charge in [0.1, 0.15) is 23.8 Å². The van der Waals surface area contributed by atoms with E-state index in [1.807, 2.05) is 0 Å². The standard InChI is InChI=1S/C22H17F2N3O2/c23-15-5-7-16(8-6-15)27-22(29-12-14-3-1-2-4-19(14)24)17-11-25-20-9-10-28-13-18(20)21(17)26-27/h1-8,11H,9-10,12-13H2. The third kappa shape index (κ3) is 3.23. The van der Waals surface area contributed by atoms with Gasteiger partial charge in [-0.15, -0.1) is 0 Å². The number of hydrogen-bond acceptors (Lipinski definition) is 4. The minimum absolute atomic E-state index is 0.0300. The monoisotopic (exact) mass is 393 g/mol. The molecule has 0 fully saturated rings. The number of pyridine rings is 1. The maximum Gasteiger partial charge on any atom is 0.226 e. The smallest absolute Gasteiger partial charge is 0.226 e. The fourth-order valence-electron chi connectivity index (χ4n) is 3.48. The number of rotatable bonds is 4. The molecule has 0 unspecified atom stereocenters. The lowest BCUT2D eigenvalue weighted by molar-refractivity contribution is 0.110. The van der Waals surface area contributed by atoms with Crippen LogP contribution in [0.3, 0.4) is 0 Å². The molecule has 1 aliphatic rings. The van der Waals surface area contributed by atoms with Crippen LogP contribution < -0.4 is 4.74 Å². The van der Waals surface area contributed by atoms with E-state index in [1.54, 1.807) is 41.2 Å². The van der Waals surface area contributed by atoms with E-state index in [-0.39, 0.29) is 18.2 Å². The highest BCUT2D eigenvalue weighted by atomic mass is 19.1. The summed E-state index contributed by atoms with van der Waals surface area (Å²) in [5.74, 6) is -0.254. The van der Waals surface area contributed by atoms with Gasteiger partial charge in [-0.1, -0.05) is 18.2 Å². The molecule has 29 heavy (non-hydrogen) atoms. The zero-order valence-corrected chi connectivity index (χ0v) is 15.4. The van der Waals surface area contributed by atoms with Crippen molar-refractivity contribution < 1.29 is 18.3 Å². The van der Waals surface area contributed by atoms with Gasteiger partial charge in [0.15, 0.2) is 0 Å². The molecule has 0 radical (unpaired) electrons. The summed E-state index contributed by atoms with van der Waals surface area (Å²) in [5.41, 5.74) is 3.67. The molecule has 0 spiro atoms.